The molecular weight excluding hydrogens is 340 g/mol. The molecule has 0 aliphatic carbocycles. The van der Waals surface area contributed by atoms with Crippen molar-refractivity contribution in [2.75, 3.05) is 5.32 Å². The molecule has 0 bridgehead atoms. The fraction of sp³-hybridized carbons (Fsp3) is 0.176. The molecule has 1 aromatic heterocycles. The van der Waals surface area contributed by atoms with Crippen molar-refractivity contribution >= 4 is 23.3 Å². The number of nitrogens with one attached hydrogen (secondary N) is 2. The number of carbonyl (C=O) groups is 1. The summed E-state index contributed by atoms with van der Waals surface area (Å²) in [5.74, 6) is 0. The molecule has 0 aliphatic rings. The highest BCUT2D eigenvalue weighted by Crippen LogP contribution is 2.20. The monoisotopic (exact) mass is 356 g/mol. The van der Waals surface area contributed by atoms with Crippen LogP contribution < -0.4 is 10.6 Å². The van der Waals surface area contributed by atoms with Gasteiger partial charge in [0.05, 0.1) is 11.7 Å². The fourth-order valence-electron chi connectivity index (χ4n) is 2.38. The van der Waals surface area contributed by atoms with E-state index in [9.17, 15) is 4.79 Å². The van der Waals surface area contributed by atoms with Gasteiger partial charge in [0.2, 0.25) is 0 Å². The van der Waals surface area contributed by atoms with Gasteiger partial charge in [-0.05, 0) is 59.7 Å². The number of hydrogen-bond donors (Lipinski definition) is 2. The van der Waals surface area contributed by atoms with Crippen molar-refractivity contribution in [3.63, 3.8) is 0 Å². The molecule has 2 aromatic carbocycles. The molecule has 0 aliphatic heterocycles. The van der Waals surface area contributed by atoms with E-state index in [0.717, 1.165) is 16.8 Å². The van der Waals surface area contributed by atoms with Gasteiger partial charge >= 0.3 is 6.03 Å². The molecule has 2 amide bonds. The van der Waals surface area contributed by atoms with Gasteiger partial charge in [-0.2, -0.15) is 0 Å². The Morgan fingerprint density at radius 2 is 2.08 bits per heavy atom. The number of halogens is 1. The van der Waals surface area contributed by atoms with E-state index in [1.54, 1.807) is 6.07 Å². The molecule has 2 N–H and O–H groups in total. The van der Waals surface area contributed by atoms with Crippen LogP contribution in [0.15, 0.2) is 48.8 Å². The first-order chi connectivity index (χ1) is 12.0. The van der Waals surface area contributed by atoms with Crippen LogP contribution in [0.25, 0.3) is 5.69 Å². The number of urea groups is 1. The maximum absolute atomic E-state index is 12.3. The quantitative estimate of drug-likeness (QED) is 0.749. The van der Waals surface area contributed by atoms with Gasteiger partial charge in [-0.1, -0.05) is 29.8 Å². The second-order valence-corrected chi connectivity index (χ2v) is 6.07. The molecule has 0 radical (unpaired) electrons. The number of hydrogen-bond acceptors (Lipinski definition) is 4. The number of anilines is 1. The van der Waals surface area contributed by atoms with Gasteiger partial charge in [0.15, 0.2) is 0 Å². The average molecular weight is 357 g/mol. The molecule has 7 nitrogen and oxygen atoms in total. The SMILES string of the molecule is Cc1ccc(-n2cnnn2)cc1NC(=O)N[C@H](C)c1cccc(Cl)c1. The van der Waals surface area contributed by atoms with Crippen LogP contribution in [0.3, 0.4) is 0 Å². The lowest BCUT2D eigenvalue weighted by Gasteiger charge is -2.16. The van der Waals surface area contributed by atoms with Crippen molar-refractivity contribution < 1.29 is 4.79 Å². The zero-order valence-electron chi connectivity index (χ0n) is 13.8. The van der Waals surface area contributed by atoms with Crippen LogP contribution in [0.1, 0.15) is 24.1 Å². The molecule has 0 saturated carbocycles. The lowest BCUT2D eigenvalue weighted by atomic mass is 10.1. The van der Waals surface area contributed by atoms with Crippen LogP contribution >= 0.6 is 11.6 Å². The summed E-state index contributed by atoms with van der Waals surface area (Å²) in [7, 11) is 0. The van der Waals surface area contributed by atoms with Gasteiger partial charge in [0.25, 0.3) is 0 Å². The van der Waals surface area contributed by atoms with Gasteiger partial charge in [-0.3, -0.25) is 0 Å². The van der Waals surface area contributed by atoms with Gasteiger partial charge in [-0.25, -0.2) is 9.48 Å². The van der Waals surface area contributed by atoms with Crippen LogP contribution in [-0.4, -0.2) is 26.2 Å². The zero-order chi connectivity index (χ0) is 17.8. The minimum atomic E-state index is -0.301. The summed E-state index contributed by atoms with van der Waals surface area (Å²) in [4.78, 5) is 12.3. The maximum Gasteiger partial charge on any atom is 0.319 e. The van der Waals surface area contributed by atoms with Crippen molar-refractivity contribution in [1.29, 1.82) is 0 Å². The number of tetrazole rings is 1. The lowest BCUT2D eigenvalue weighted by Crippen LogP contribution is -2.31. The molecule has 8 heteroatoms. The molecule has 1 atom stereocenters. The van der Waals surface area contributed by atoms with Gasteiger partial charge in [-0.15, -0.1) is 5.10 Å². The summed E-state index contributed by atoms with van der Waals surface area (Å²) in [5, 5.41) is 17.5. The lowest BCUT2D eigenvalue weighted by molar-refractivity contribution is 0.249. The summed E-state index contributed by atoms with van der Waals surface area (Å²) in [6, 6.07) is 12.5. The summed E-state index contributed by atoms with van der Waals surface area (Å²) in [6.45, 7) is 3.81. The van der Waals surface area contributed by atoms with Crippen LogP contribution in [-0.2, 0) is 0 Å². The highest BCUT2D eigenvalue weighted by molar-refractivity contribution is 6.30. The number of amides is 2. The molecule has 128 valence electrons. The van der Waals surface area contributed by atoms with Crippen LogP contribution in [0, 0.1) is 6.92 Å². The highest BCUT2D eigenvalue weighted by atomic mass is 35.5. The molecule has 3 rings (SSSR count). The molecule has 0 unspecified atom stereocenters. The summed E-state index contributed by atoms with van der Waals surface area (Å²) < 4.78 is 1.52. The van der Waals surface area contributed by atoms with E-state index < -0.39 is 0 Å². The molecule has 25 heavy (non-hydrogen) atoms. The Balaban J connectivity index is 1.71. The third kappa shape index (κ3) is 4.13. The Kier molecular flexibility index (Phi) is 4.95. The summed E-state index contributed by atoms with van der Waals surface area (Å²) in [6.07, 6.45) is 1.50. The van der Waals surface area contributed by atoms with E-state index in [2.05, 4.69) is 26.2 Å². The van der Waals surface area contributed by atoms with E-state index in [-0.39, 0.29) is 12.1 Å². The number of aromatic nitrogens is 4. The minimum absolute atomic E-state index is 0.179. The third-order valence-corrected chi connectivity index (χ3v) is 4.01. The average Bonchev–Trinajstić information content (AvgIpc) is 3.11. The Morgan fingerprint density at radius 1 is 1.24 bits per heavy atom. The number of nitrogens with zero attached hydrogens (tertiary/aromatic N) is 4. The van der Waals surface area contributed by atoms with E-state index >= 15 is 0 Å². The molecule has 0 spiro atoms. The second kappa shape index (κ2) is 7.31. The zero-order valence-corrected chi connectivity index (χ0v) is 14.5. The van der Waals surface area contributed by atoms with Crippen molar-refractivity contribution in [3.8, 4) is 5.69 Å². The molecule has 3 aromatic rings. The first-order valence-corrected chi connectivity index (χ1v) is 8.08. The van der Waals surface area contributed by atoms with Crippen LogP contribution in [0.4, 0.5) is 10.5 Å². The topological polar surface area (TPSA) is 84.7 Å². The van der Waals surface area contributed by atoms with E-state index in [4.69, 9.17) is 11.6 Å². The first kappa shape index (κ1) is 16.9. The van der Waals surface area contributed by atoms with E-state index in [1.807, 2.05) is 50.2 Å². The Hall–Kier alpha value is -2.93. The van der Waals surface area contributed by atoms with Crippen molar-refractivity contribution in [3.05, 3.63) is 64.9 Å². The highest BCUT2D eigenvalue weighted by Gasteiger charge is 2.12. The van der Waals surface area contributed by atoms with Crippen molar-refractivity contribution in [1.82, 2.24) is 25.5 Å². The first-order valence-electron chi connectivity index (χ1n) is 7.70. The predicted molar refractivity (Wildman–Crippen MR) is 95.9 cm³/mol. The number of aryl methyl sites for hydroxylation is 1. The smallest absolute Gasteiger partial charge is 0.319 e. The summed E-state index contributed by atoms with van der Waals surface area (Å²) >= 11 is 6.00. The molecule has 0 saturated heterocycles. The fourth-order valence-corrected chi connectivity index (χ4v) is 2.58. The van der Waals surface area contributed by atoms with Crippen molar-refractivity contribution in [2.45, 2.75) is 19.9 Å². The van der Waals surface area contributed by atoms with Gasteiger partial charge < -0.3 is 10.6 Å². The molecular formula is C17H17ClN6O. The third-order valence-electron chi connectivity index (χ3n) is 3.78. The Bertz CT molecular complexity index is 881. The van der Waals surface area contributed by atoms with E-state index in [0.29, 0.717) is 10.7 Å². The molecule has 1 heterocycles. The number of carbonyl (C=O) groups excluding carboxylic acids is 1. The minimum Gasteiger partial charge on any atom is -0.331 e. The normalized spacial score (nSPS) is 11.8. The number of rotatable bonds is 4. The van der Waals surface area contributed by atoms with Gasteiger partial charge in [0, 0.05) is 10.7 Å². The standard InChI is InChI=1S/C17H17ClN6O/c1-11-6-7-15(24-10-19-22-23-24)9-16(11)21-17(25)20-12(2)13-4-3-5-14(18)8-13/h3-10,12H,1-2H3,(H2,20,21,25)/t12-/m1/s1. The Labute approximate surface area is 150 Å². The van der Waals surface area contributed by atoms with Crippen LogP contribution in [0.5, 0.6) is 0 Å². The number of benzene rings is 2. The van der Waals surface area contributed by atoms with Gasteiger partial charge in [0.1, 0.15) is 6.33 Å². The predicted octanol–water partition coefficient (Wildman–Crippen LogP) is 3.51. The van der Waals surface area contributed by atoms with E-state index in [1.165, 1.54) is 11.0 Å². The second-order valence-electron chi connectivity index (χ2n) is 5.63. The largest absolute Gasteiger partial charge is 0.331 e. The van der Waals surface area contributed by atoms with Crippen LogP contribution in [0.2, 0.25) is 5.02 Å². The summed E-state index contributed by atoms with van der Waals surface area (Å²) in [5.41, 5.74) is 3.31. The molecule has 0 fully saturated rings. The maximum atomic E-state index is 12.3. The van der Waals surface area contributed by atoms with Crippen molar-refractivity contribution in [2.24, 2.45) is 0 Å². The Morgan fingerprint density at radius 3 is 2.80 bits per heavy atom.